The van der Waals surface area contributed by atoms with Crippen LogP contribution in [0.4, 0.5) is 0 Å². The van der Waals surface area contributed by atoms with E-state index in [0.29, 0.717) is 23.6 Å². The summed E-state index contributed by atoms with van der Waals surface area (Å²) >= 11 is -3.20. The molecule has 0 aromatic carbocycles. The Bertz CT molecular complexity index is 359. The van der Waals surface area contributed by atoms with Crippen LogP contribution in [-0.2, 0) is 9.59 Å². The van der Waals surface area contributed by atoms with Gasteiger partial charge in [-0.2, -0.15) is 0 Å². The summed E-state index contributed by atoms with van der Waals surface area (Å²) in [4.78, 5) is 27.8. The molecule has 2 amide bonds. The van der Waals surface area contributed by atoms with E-state index in [-0.39, 0.29) is 11.8 Å². The average Bonchev–Trinajstić information content (AvgIpc) is 2.72. The molecule has 0 N–H and O–H groups in total. The number of likely N-dealkylation sites (tertiary alicyclic amines) is 2. The fourth-order valence-electron chi connectivity index (χ4n) is 3.02. The first kappa shape index (κ1) is 17.4. The number of nitrogens with zero attached hydrogens (tertiary/aromatic N) is 2. The summed E-state index contributed by atoms with van der Waals surface area (Å²) in [6.45, 7) is 1.53. The molecule has 0 radical (unpaired) electrons. The summed E-state index contributed by atoms with van der Waals surface area (Å²) in [5, 5.41) is 0.984. The van der Waals surface area contributed by atoms with Crippen molar-refractivity contribution in [1.29, 1.82) is 0 Å². The van der Waals surface area contributed by atoms with Crippen LogP contribution in [0.3, 0.4) is 0 Å². The minimum atomic E-state index is -3.20. The molecular weight excluding hydrogens is 372 g/mol. The van der Waals surface area contributed by atoms with E-state index < -0.39 is 11.4 Å². The molecule has 0 spiro atoms. The first-order valence-corrected chi connectivity index (χ1v) is 16.4. The molecule has 2 heterocycles. The second-order valence-electron chi connectivity index (χ2n) is 6.11. The molecule has 0 unspecified atom stereocenters. The van der Waals surface area contributed by atoms with Gasteiger partial charge in [0.25, 0.3) is 0 Å². The summed E-state index contributed by atoms with van der Waals surface area (Å²) in [6, 6.07) is 0. The van der Waals surface area contributed by atoms with E-state index in [2.05, 4.69) is 0 Å². The van der Waals surface area contributed by atoms with Crippen LogP contribution in [0.5, 0.6) is 0 Å². The SMILES string of the molecule is O=C1CCCCCN1[CH2][Ge]([Cl])([Cl])[CH2]N1CCCCCC1=O. The molecule has 0 aromatic rings. The van der Waals surface area contributed by atoms with E-state index in [9.17, 15) is 9.59 Å². The first-order valence-electron chi connectivity index (χ1n) is 7.91. The van der Waals surface area contributed by atoms with Crippen molar-refractivity contribution in [3.05, 3.63) is 0 Å². The number of hydrogen-bond acceptors (Lipinski definition) is 2. The molecule has 0 aromatic heterocycles. The van der Waals surface area contributed by atoms with Crippen molar-refractivity contribution >= 4 is 43.2 Å². The van der Waals surface area contributed by atoms with Crippen molar-refractivity contribution in [2.75, 3.05) is 23.8 Å². The van der Waals surface area contributed by atoms with E-state index in [0.717, 1.165) is 51.6 Å². The zero-order chi connectivity index (χ0) is 15.3. The van der Waals surface area contributed by atoms with Crippen LogP contribution in [0.25, 0.3) is 0 Å². The van der Waals surface area contributed by atoms with Gasteiger partial charge in [0.05, 0.1) is 0 Å². The Hall–Kier alpha value is 0.0629. The average molecular weight is 396 g/mol. The van der Waals surface area contributed by atoms with E-state index in [1.807, 2.05) is 9.80 Å². The summed E-state index contributed by atoms with van der Waals surface area (Å²) in [6.07, 6.45) is 7.38. The van der Waals surface area contributed by atoms with Gasteiger partial charge in [-0.05, 0) is 0 Å². The Morgan fingerprint density at radius 2 is 1.19 bits per heavy atom. The molecule has 2 saturated heterocycles. The van der Waals surface area contributed by atoms with E-state index in [4.69, 9.17) is 20.0 Å². The standard InChI is InChI=1S/C14H24Cl2GeN2O2/c15-17(16,11-18-9-5-1-3-7-13(18)20)12-19-10-6-2-4-8-14(19)21/h1-12H2. The van der Waals surface area contributed by atoms with Gasteiger partial charge in [-0.15, -0.1) is 0 Å². The number of carbonyl (C=O) groups is 2. The third-order valence-corrected chi connectivity index (χ3v) is 10.2. The summed E-state index contributed by atoms with van der Waals surface area (Å²) in [7, 11) is 13.2. The zero-order valence-corrected chi connectivity index (χ0v) is 16.1. The van der Waals surface area contributed by atoms with Gasteiger partial charge in [0.15, 0.2) is 0 Å². The third-order valence-electron chi connectivity index (χ3n) is 4.19. The van der Waals surface area contributed by atoms with Crippen LogP contribution in [0.2, 0.25) is 0 Å². The van der Waals surface area contributed by atoms with Gasteiger partial charge in [-0.3, -0.25) is 0 Å². The topological polar surface area (TPSA) is 40.6 Å². The van der Waals surface area contributed by atoms with Gasteiger partial charge in [0.2, 0.25) is 0 Å². The molecule has 0 aliphatic carbocycles. The number of amides is 2. The quantitative estimate of drug-likeness (QED) is 0.687. The monoisotopic (exact) mass is 396 g/mol. The van der Waals surface area contributed by atoms with Gasteiger partial charge >= 0.3 is 138 Å². The minimum absolute atomic E-state index is 0.172. The van der Waals surface area contributed by atoms with E-state index in [1.165, 1.54) is 0 Å². The number of hydrogen-bond donors (Lipinski definition) is 0. The molecule has 7 heteroatoms. The van der Waals surface area contributed by atoms with Gasteiger partial charge in [0.1, 0.15) is 0 Å². The molecule has 2 rings (SSSR count). The van der Waals surface area contributed by atoms with Crippen molar-refractivity contribution in [2.24, 2.45) is 0 Å². The second kappa shape index (κ2) is 8.07. The Morgan fingerprint density at radius 1 is 0.762 bits per heavy atom. The van der Waals surface area contributed by atoms with Crippen molar-refractivity contribution in [3.8, 4) is 0 Å². The summed E-state index contributed by atoms with van der Waals surface area (Å²) < 4.78 is 0. The second-order valence-corrected chi connectivity index (χ2v) is 19.6. The molecule has 4 nitrogen and oxygen atoms in total. The fourth-order valence-corrected chi connectivity index (χ4v) is 9.98. The number of rotatable bonds is 4. The maximum atomic E-state index is 12.1. The first-order chi connectivity index (χ1) is 9.98. The molecule has 0 saturated carbocycles. The molecule has 2 fully saturated rings. The van der Waals surface area contributed by atoms with E-state index >= 15 is 0 Å². The summed E-state index contributed by atoms with van der Waals surface area (Å²) in [5.74, 6) is 0.344. The molecule has 2 aliphatic rings. The number of halogens is 2. The molecular formula is C14H24Cl2GeN2O2. The molecule has 2 aliphatic heterocycles. The van der Waals surface area contributed by atoms with Crippen LogP contribution in [0.1, 0.15) is 51.4 Å². The van der Waals surface area contributed by atoms with Crippen molar-refractivity contribution < 1.29 is 9.59 Å². The van der Waals surface area contributed by atoms with Gasteiger partial charge < -0.3 is 0 Å². The van der Waals surface area contributed by atoms with Crippen LogP contribution >= 0.6 is 20.0 Å². The van der Waals surface area contributed by atoms with Gasteiger partial charge in [-0.1, -0.05) is 0 Å². The van der Waals surface area contributed by atoms with Crippen LogP contribution in [0.15, 0.2) is 0 Å². The van der Waals surface area contributed by atoms with Crippen molar-refractivity contribution in [3.63, 3.8) is 0 Å². The normalized spacial score (nSPS) is 22.2. The molecule has 0 atom stereocenters. The van der Waals surface area contributed by atoms with Crippen LogP contribution < -0.4 is 0 Å². The van der Waals surface area contributed by atoms with Crippen LogP contribution in [-0.4, -0.2) is 56.9 Å². The third kappa shape index (κ3) is 5.64. The number of carbonyl (C=O) groups excluding carboxylic acids is 2. The summed E-state index contributed by atoms with van der Waals surface area (Å²) in [5.41, 5.74) is 0. The molecule has 21 heavy (non-hydrogen) atoms. The molecule has 120 valence electrons. The Labute approximate surface area is 137 Å². The Morgan fingerprint density at radius 3 is 1.62 bits per heavy atom. The van der Waals surface area contributed by atoms with Gasteiger partial charge in [0, 0.05) is 0 Å². The van der Waals surface area contributed by atoms with Crippen LogP contribution in [0, 0.1) is 0 Å². The maximum absolute atomic E-state index is 12.1. The van der Waals surface area contributed by atoms with Gasteiger partial charge in [-0.25, -0.2) is 0 Å². The molecule has 0 bridgehead atoms. The van der Waals surface area contributed by atoms with Crippen molar-refractivity contribution in [1.82, 2.24) is 9.80 Å². The predicted octanol–water partition coefficient (Wildman–Crippen LogP) is 2.79. The Balaban J connectivity index is 1.93. The fraction of sp³-hybridized carbons (Fsp3) is 0.857. The zero-order valence-electron chi connectivity index (χ0n) is 12.5. The predicted molar refractivity (Wildman–Crippen MR) is 87.6 cm³/mol. The van der Waals surface area contributed by atoms with E-state index in [1.54, 1.807) is 0 Å². The Kier molecular flexibility index (Phi) is 6.69. The van der Waals surface area contributed by atoms with Crippen molar-refractivity contribution in [2.45, 2.75) is 51.4 Å².